The summed E-state index contributed by atoms with van der Waals surface area (Å²) in [6.07, 6.45) is 7.34. The summed E-state index contributed by atoms with van der Waals surface area (Å²) in [6, 6.07) is 1.74. The molecule has 1 amide bonds. The van der Waals surface area contributed by atoms with Crippen molar-refractivity contribution in [3.63, 3.8) is 0 Å². The third kappa shape index (κ3) is 3.53. The molecule has 1 fully saturated rings. The Bertz CT molecular complexity index is 895. The zero-order chi connectivity index (χ0) is 17.8. The lowest BCUT2D eigenvalue weighted by molar-refractivity contribution is -0.127. The highest BCUT2D eigenvalue weighted by atomic mass is 16.2. The monoisotopic (exact) mass is 353 g/mol. The second-order valence-corrected chi connectivity index (χ2v) is 5.96. The number of likely N-dealkylation sites (tertiary alicyclic amines) is 1. The number of aromatic nitrogens is 6. The Kier molecular flexibility index (Phi) is 4.54. The molecule has 1 saturated heterocycles. The predicted molar refractivity (Wildman–Crippen MR) is 95.9 cm³/mol. The molecule has 3 N–H and O–H groups in total. The number of carbonyl (C=O) groups excluding carboxylic acids is 1. The van der Waals surface area contributed by atoms with Crippen LogP contribution in [0.5, 0.6) is 0 Å². The Hall–Kier alpha value is -3.30. The van der Waals surface area contributed by atoms with Gasteiger partial charge in [-0.2, -0.15) is 9.97 Å². The molecule has 0 aliphatic carbocycles. The molecule has 0 aromatic carbocycles. The summed E-state index contributed by atoms with van der Waals surface area (Å²) in [5.41, 5.74) is 1.29. The van der Waals surface area contributed by atoms with Crippen LogP contribution < -0.4 is 10.6 Å². The summed E-state index contributed by atoms with van der Waals surface area (Å²) < 4.78 is 0. The molecule has 10 nitrogen and oxygen atoms in total. The van der Waals surface area contributed by atoms with Gasteiger partial charge in [0.2, 0.25) is 17.8 Å². The fourth-order valence-corrected chi connectivity index (χ4v) is 2.90. The van der Waals surface area contributed by atoms with Gasteiger partial charge in [0, 0.05) is 38.4 Å². The van der Waals surface area contributed by atoms with Crippen molar-refractivity contribution in [2.45, 2.75) is 19.3 Å². The van der Waals surface area contributed by atoms with Crippen LogP contribution >= 0.6 is 0 Å². The Labute approximate surface area is 149 Å². The van der Waals surface area contributed by atoms with Crippen molar-refractivity contribution in [1.29, 1.82) is 0 Å². The Morgan fingerprint density at radius 1 is 1.15 bits per heavy atom. The molecule has 0 atom stereocenters. The minimum Gasteiger partial charge on any atom is -0.368 e. The molecule has 0 bridgehead atoms. The number of rotatable bonds is 7. The van der Waals surface area contributed by atoms with E-state index in [-0.39, 0.29) is 5.91 Å². The molecule has 0 unspecified atom stereocenters. The Balaban J connectivity index is 1.43. The highest BCUT2D eigenvalue weighted by Gasteiger charge is 2.19. The quantitative estimate of drug-likeness (QED) is 0.543. The van der Waals surface area contributed by atoms with Gasteiger partial charge in [-0.3, -0.25) is 10.1 Å². The van der Waals surface area contributed by atoms with Crippen molar-refractivity contribution in [1.82, 2.24) is 34.8 Å². The Morgan fingerprint density at radius 2 is 2.04 bits per heavy atom. The van der Waals surface area contributed by atoms with E-state index in [9.17, 15) is 4.79 Å². The van der Waals surface area contributed by atoms with Crippen molar-refractivity contribution < 1.29 is 4.79 Å². The average molecular weight is 353 g/mol. The topological polar surface area (TPSA) is 125 Å². The van der Waals surface area contributed by atoms with Gasteiger partial charge >= 0.3 is 0 Å². The number of nitrogens with one attached hydrogen (secondary N) is 3. The van der Waals surface area contributed by atoms with Crippen LogP contribution in [0.4, 0.5) is 17.7 Å². The number of amides is 1. The third-order valence-electron chi connectivity index (χ3n) is 4.14. The van der Waals surface area contributed by atoms with Gasteiger partial charge < -0.3 is 15.2 Å². The van der Waals surface area contributed by atoms with Gasteiger partial charge in [0.1, 0.15) is 5.52 Å². The number of carbonyl (C=O) groups is 1. The maximum Gasteiger partial charge on any atom is 0.233 e. The van der Waals surface area contributed by atoms with Crippen LogP contribution in [-0.4, -0.2) is 60.3 Å². The molecule has 4 heterocycles. The smallest absolute Gasteiger partial charge is 0.233 e. The van der Waals surface area contributed by atoms with Crippen molar-refractivity contribution in [3.8, 4) is 0 Å². The van der Waals surface area contributed by atoms with Crippen LogP contribution in [0, 0.1) is 0 Å². The normalized spacial score (nSPS) is 14.2. The fourth-order valence-electron chi connectivity index (χ4n) is 2.90. The van der Waals surface area contributed by atoms with Crippen LogP contribution in [-0.2, 0) is 4.79 Å². The lowest BCUT2D eigenvalue weighted by Gasteiger charge is -2.15. The molecule has 10 heteroatoms. The van der Waals surface area contributed by atoms with E-state index in [4.69, 9.17) is 0 Å². The molecule has 134 valence electrons. The highest BCUT2D eigenvalue weighted by Crippen LogP contribution is 2.20. The van der Waals surface area contributed by atoms with Crippen LogP contribution in [0.15, 0.2) is 24.8 Å². The molecule has 0 saturated carbocycles. The minimum atomic E-state index is 0.248. The highest BCUT2D eigenvalue weighted by molar-refractivity contribution is 5.84. The molecule has 3 aromatic rings. The van der Waals surface area contributed by atoms with Crippen molar-refractivity contribution >= 4 is 34.8 Å². The molecule has 0 radical (unpaired) electrons. The maximum atomic E-state index is 11.6. The van der Waals surface area contributed by atoms with Gasteiger partial charge in [-0.1, -0.05) is 0 Å². The molecule has 4 rings (SSSR count). The van der Waals surface area contributed by atoms with Gasteiger partial charge in [-0.15, -0.1) is 0 Å². The summed E-state index contributed by atoms with van der Waals surface area (Å²) in [7, 11) is 0. The van der Waals surface area contributed by atoms with E-state index in [0.717, 1.165) is 31.4 Å². The van der Waals surface area contributed by atoms with E-state index in [1.165, 1.54) is 0 Å². The third-order valence-corrected chi connectivity index (χ3v) is 4.14. The van der Waals surface area contributed by atoms with Crippen LogP contribution in [0.1, 0.15) is 19.3 Å². The van der Waals surface area contributed by atoms with E-state index in [0.29, 0.717) is 36.3 Å². The number of fused-ring (bicyclic) bond motifs is 1. The fraction of sp³-hybridized carbons (Fsp3) is 0.375. The Morgan fingerprint density at radius 3 is 2.85 bits per heavy atom. The van der Waals surface area contributed by atoms with Crippen molar-refractivity contribution in [2.75, 3.05) is 30.3 Å². The molecule has 3 aromatic heterocycles. The number of aromatic amines is 1. The number of nitrogens with zero attached hydrogens (tertiary/aromatic N) is 6. The number of anilines is 3. The van der Waals surface area contributed by atoms with Gasteiger partial charge in [0.05, 0.1) is 6.33 Å². The van der Waals surface area contributed by atoms with Gasteiger partial charge in [0.25, 0.3) is 0 Å². The summed E-state index contributed by atoms with van der Waals surface area (Å²) >= 11 is 0. The summed E-state index contributed by atoms with van der Waals surface area (Å²) in [4.78, 5) is 37.9. The van der Waals surface area contributed by atoms with Crippen molar-refractivity contribution in [2.24, 2.45) is 0 Å². The molecule has 1 aliphatic heterocycles. The van der Waals surface area contributed by atoms with Gasteiger partial charge in [-0.25, -0.2) is 15.0 Å². The van der Waals surface area contributed by atoms with Crippen molar-refractivity contribution in [3.05, 3.63) is 24.8 Å². The zero-order valence-corrected chi connectivity index (χ0v) is 14.1. The van der Waals surface area contributed by atoms with Crippen LogP contribution in [0.2, 0.25) is 0 Å². The first-order chi connectivity index (χ1) is 12.8. The SMILES string of the molecule is O=C1CCCN1CCCNc1nc(Nc2ncccn2)nc2nc[nH]c12. The largest absolute Gasteiger partial charge is 0.368 e. The van der Waals surface area contributed by atoms with Gasteiger partial charge in [-0.05, 0) is 18.9 Å². The number of H-pyrrole nitrogens is 1. The predicted octanol–water partition coefficient (Wildman–Crippen LogP) is 1.31. The zero-order valence-electron chi connectivity index (χ0n) is 14.1. The molecule has 26 heavy (non-hydrogen) atoms. The summed E-state index contributed by atoms with van der Waals surface area (Å²) in [5, 5.41) is 6.27. The minimum absolute atomic E-state index is 0.248. The number of imidazole rings is 1. The first-order valence-electron chi connectivity index (χ1n) is 8.56. The second-order valence-electron chi connectivity index (χ2n) is 5.96. The standard InChI is InChI=1S/C16H19N9O/c26-11-4-1-8-25(11)9-3-7-17-13-12-14(21-10-20-12)23-16(22-13)24-15-18-5-2-6-19-15/h2,5-6,10H,1,3-4,7-9H2,(H3,17,18,19,20,21,22,23,24). The number of hydrogen-bond donors (Lipinski definition) is 3. The van der Waals surface area contributed by atoms with Crippen LogP contribution in [0.25, 0.3) is 11.2 Å². The molecular formula is C16H19N9O. The summed E-state index contributed by atoms with van der Waals surface area (Å²) in [6.45, 7) is 2.31. The number of hydrogen-bond acceptors (Lipinski definition) is 8. The van der Waals surface area contributed by atoms with E-state index in [1.807, 2.05) is 4.90 Å². The molecule has 0 spiro atoms. The lowest BCUT2D eigenvalue weighted by atomic mass is 10.3. The summed E-state index contributed by atoms with van der Waals surface area (Å²) in [5.74, 6) is 1.69. The molecule has 1 aliphatic rings. The van der Waals surface area contributed by atoms with E-state index >= 15 is 0 Å². The average Bonchev–Trinajstić information content (AvgIpc) is 3.28. The molecular weight excluding hydrogens is 334 g/mol. The van der Waals surface area contributed by atoms with Crippen LogP contribution in [0.3, 0.4) is 0 Å². The van der Waals surface area contributed by atoms with Gasteiger partial charge in [0.15, 0.2) is 11.5 Å². The van der Waals surface area contributed by atoms with E-state index in [2.05, 4.69) is 40.5 Å². The first-order valence-corrected chi connectivity index (χ1v) is 8.56. The lowest BCUT2D eigenvalue weighted by Crippen LogP contribution is -2.27. The van der Waals surface area contributed by atoms with E-state index in [1.54, 1.807) is 24.8 Å². The second kappa shape index (κ2) is 7.30. The van der Waals surface area contributed by atoms with E-state index < -0.39 is 0 Å². The first kappa shape index (κ1) is 16.2. The maximum absolute atomic E-state index is 11.6.